The third-order valence-corrected chi connectivity index (χ3v) is 6.68. The van der Waals surface area contributed by atoms with E-state index >= 15 is 0 Å². The van der Waals surface area contributed by atoms with Gasteiger partial charge >= 0.3 is 0 Å². The largest absolute Gasteiger partial charge is 0.495 e. The molecule has 1 aromatic carbocycles. The number of aromatic nitrogens is 2. The quantitative estimate of drug-likeness (QED) is 0.245. The van der Waals surface area contributed by atoms with E-state index in [1.807, 2.05) is 30.5 Å². The van der Waals surface area contributed by atoms with E-state index in [1.54, 1.807) is 7.11 Å². The predicted molar refractivity (Wildman–Crippen MR) is 146 cm³/mol. The van der Waals surface area contributed by atoms with Crippen LogP contribution in [0, 0.1) is 0 Å². The number of rotatable bonds is 13. The smallest absolute Gasteiger partial charge is 0.137 e. The fourth-order valence-electron chi connectivity index (χ4n) is 4.52. The van der Waals surface area contributed by atoms with E-state index < -0.39 is 0 Å². The number of aliphatic imine (C=N–C) groups is 1. The number of unbranched alkanes of at least 4 members (excludes halogenated alkanes) is 8. The molecular weight excluding hydrogens is 442 g/mol. The Morgan fingerprint density at radius 3 is 2.50 bits per heavy atom. The maximum absolute atomic E-state index is 6.17. The average Bonchev–Trinajstić information content (AvgIpc) is 3.56. The Labute approximate surface area is 208 Å². The molecule has 1 aliphatic rings. The Morgan fingerprint density at radius 2 is 1.74 bits per heavy atom. The lowest BCUT2D eigenvalue weighted by Crippen LogP contribution is -1.92. The number of H-pyrrole nitrogens is 1. The van der Waals surface area contributed by atoms with Gasteiger partial charge in [0.2, 0.25) is 0 Å². The molecule has 0 aliphatic carbocycles. The van der Waals surface area contributed by atoms with Gasteiger partial charge in [-0.1, -0.05) is 69.9 Å². The van der Waals surface area contributed by atoms with Gasteiger partial charge in [-0.05, 0) is 49.3 Å². The Kier molecular flexibility index (Phi) is 8.70. The first-order valence-corrected chi connectivity index (χ1v) is 13.1. The highest BCUT2D eigenvalue weighted by Gasteiger charge is 2.12. The number of allylic oxidation sites excluding steroid dienone is 2. The van der Waals surface area contributed by atoms with Gasteiger partial charge in [-0.15, -0.1) is 0 Å². The normalized spacial score (nSPS) is 14.4. The molecule has 4 nitrogen and oxygen atoms in total. The van der Waals surface area contributed by atoms with Gasteiger partial charge in [0.25, 0.3) is 0 Å². The molecule has 2 aromatic heterocycles. The zero-order valence-electron chi connectivity index (χ0n) is 20.4. The Bertz CT molecular complexity index is 1180. The van der Waals surface area contributed by atoms with E-state index in [4.69, 9.17) is 21.3 Å². The van der Waals surface area contributed by atoms with Gasteiger partial charge in [-0.2, -0.15) is 0 Å². The van der Waals surface area contributed by atoms with E-state index in [-0.39, 0.29) is 0 Å². The molecule has 0 radical (unpaired) electrons. The molecule has 0 amide bonds. The lowest BCUT2D eigenvalue weighted by molar-refractivity contribution is 0.415. The first kappa shape index (κ1) is 24.4. The minimum absolute atomic E-state index is 0.734. The van der Waals surface area contributed by atoms with Crippen LogP contribution in [0.3, 0.4) is 0 Å². The van der Waals surface area contributed by atoms with E-state index in [0.717, 1.165) is 45.2 Å². The minimum Gasteiger partial charge on any atom is -0.495 e. The van der Waals surface area contributed by atoms with Gasteiger partial charge in [-0.25, -0.2) is 0 Å². The lowest BCUT2D eigenvalue weighted by atomic mass is 10.1. The first-order chi connectivity index (χ1) is 16.7. The van der Waals surface area contributed by atoms with Crippen LogP contribution in [0.5, 0.6) is 5.75 Å². The number of hydrogen-bond donors (Lipinski definition) is 1. The first-order valence-electron chi connectivity index (χ1n) is 12.7. The van der Waals surface area contributed by atoms with Crippen molar-refractivity contribution in [2.45, 2.75) is 71.1 Å². The van der Waals surface area contributed by atoms with Crippen LogP contribution in [0.1, 0.15) is 71.1 Å². The van der Waals surface area contributed by atoms with E-state index in [9.17, 15) is 0 Å². The highest BCUT2D eigenvalue weighted by Crippen LogP contribution is 2.31. The van der Waals surface area contributed by atoms with Crippen LogP contribution < -0.4 is 4.74 Å². The van der Waals surface area contributed by atoms with Crippen LogP contribution in [-0.2, 0) is 0 Å². The third kappa shape index (κ3) is 6.44. The molecule has 34 heavy (non-hydrogen) atoms. The second-order valence-electron chi connectivity index (χ2n) is 9.16. The van der Waals surface area contributed by atoms with E-state index in [2.05, 4.69) is 40.9 Å². The minimum atomic E-state index is 0.734. The van der Waals surface area contributed by atoms with Crippen molar-refractivity contribution >= 4 is 34.4 Å². The number of aromatic amines is 1. The molecule has 3 heterocycles. The second-order valence-corrected chi connectivity index (χ2v) is 9.59. The SMILES string of the molecule is CCCCCCCCCCCC1=NC(=Cn2cc(OC)cc2-c2cc3cc(Cl)ccc3[nH]2)C=C1. The van der Waals surface area contributed by atoms with Crippen LogP contribution in [0.2, 0.25) is 5.02 Å². The Hall–Kier alpha value is -2.72. The monoisotopic (exact) mass is 477 g/mol. The summed E-state index contributed by atoms with van der Waals surface area (Å²) in [6.07, 6.45) is 21.5. The number of halogens is 1. The van der Waals surface area contributed by atoms with Crippen molar-refractivity contribution in [1.29, 1.82) is 0 Å². The number of nitrogens with one attached hydrogen (secondary N) is 1. The number of hydrogen-bond acceptors (Lipinski definition) is 2. The van der Waals surface area contributed by atoms with Crippen molar-refractivity contribution in [2.24, 2.45) is 4.99 Å². The number of nitrogens with zero attached hydrogens (tertiary/aromatic N) is 2. The summed E-state index contributed by atoms with van der Waals surface area (Å²) in [7, 11) is 1.69. The summed E-state index contributed by atoms with van der Waals surface area (Å²) in [6, 6.07) is 10.0. The molecule has 0 saturated heterocycles. The van der Waals surface area contributed by atoms with Gasteiger partial charge in [0, 0.05) is 33.9 Å². The fraction of sp³-hybridized carbons (Fsp3) is 0.414. The summed E-state index contributed by atoms with van der Waals surface area (Å²) in [6.45, 7) is 2.27. The molecule has 3 aromatic rings. The topological polar surface area (TPSA) is 42.3 Å². The predicted octanol–water partition coefficient (Wildman–Crippen LogP) is 9.03. The third-order valence-electron chi connectivity index (χ3n) is 6.44. The number of ether oxygens (including phenoxy) is 1. The van der Waals surface area contributed by atoms with E-state index in [1.165, 1.54) is 63.5 Å². The summed E-state index contributed by atoms with van der Waals surface area (Å²) in [4.78, 5) is 8.34. The maximum Gasteiger partial charge on any atom is 0.137 e. The Balaban J connectivity index is 1.36. The van der Waals surface area contributed by atoms with Crippen LogP contribution >= 0.6 is 11.6 Å². The maximum atomic E-state index is 6.17. The zero-order chi connectivity index (χ0) is 23.8. The standard InChI is InChI=1S/C29H36ClN3O/c1-3-4-5-6-7-8-9-10-11-12-24-14-15-25(31-24)20-33-21-26(34-2)19-29(33)28-18-22-17-23(30)13-16-27(22)32-28/h13-21,32H,3-12H2,1-2H3. The van der Waals surface area contributed by atoms with Crippen molar-refractivity contribution in [3.63, 3.8) is 0 Å². The van der Waals surface area contributed by atoms with Crippen LogP contribution in [-0.4, -0.2) is 22.4 Å². The highest BCUT2D eigenvalue weighted by molar-refractivity contribution is 6.31. The van der Waals surface area contributed by atoms with Crippen LogP contribution in [0.4, 0.5) is 0 Å². The van der Waals surface area contributed by atoms with Crippen molar-refractivity contribution in [3.8, 4) is 17.1 Å². The second kappa shape index (κ2) is 12.1. The molecule has 0 atom stereocenters. The summed E-state index contributed by atoms with van der Waals surface area (Å²) in [5, 5.41) is 1.82. The molecule has 0 unspecified atom stereocenters. The molecule has 0 spiro atoms. The van der Waals surface area contributed by atoms with Gasteiger partial charge in [-0.3, -0.25) is 4.99 Å². The molecule has 4 rings (SSSR count). The van der Waals surface area contributed by atoms with Gasteiger partial charge < -0.3 is 14.3 Å². The highest BCUT2D eigenvalue weighted by atomic mass is 35.5. The van der Waals surface area contributed by atoms with Gasteiger partial charge in [0.05, 0.1) is 30.4 Å². The molecule has 0 bridgehead atoms. The van der Waals surface area contributed by atoms with Crippen molar-refractivity contribution < 1.29 is 4.74 Å². The number of benzene rings is 1. The van der Waals surface area contributed by atoms with Crippen molar-refractivity contribution in [1.82, 2.24) is 9.55 Å². The molecular formula is C29H36ClN3O. The zero-order valence-corrected chi connectivity index (χ0v) is 21.2. The van der Waals surface area contributed by atoms with Crippen molar-refractivity contribution in [3.05, 3.63) is 59.4 Å². The van der Waals surface area contributed by atoms with Gasteiger partial charge in [0.1, 0.15) is 5.75 Å². The summed E-state index contributed by atoms with van der Waals surface area (Å²) >= 11 is 6.17. The Morgan fingerprint density at radius 1 is 0.971 bits per heavy atom. The lowest BCUT2D eigenvalue weighted by Gasteiger charge is -2.03. The molecule has 1 aliphatic heterocycles. The summed E-state index contributed by atoms with van der Waals surface area (Å²) < 4.78 is 7.59. The average molecular weight is 478 g/mol. The summed E-state index contributed by atoms with van der Waals surface area (Å²) in [5.74, 6) is 0.810. The molecule has 0 fully saturated rings. The van der Waals surface area contributed by atoms with Crippen LogP contribution in [0.25, 0.3) is 28.5 Å². The molecule has 5 heteroatoms. The summed E-state index contributed by atoms with van der Waals surface area (Å²) in [5.41, 5.74) is 5.23. The van der Waals surface area contributed by atoms with Crippen molar-refractivity contribution in [2.75, 3.05) is 7.11 Å². The number of fused-ring (bicyclic) bond motifs is 1. The fourth-order valence-corrected chi connectivity index (χ4v) is 4.70. The number of methoxy groups -OCH3 is 1. The van der Waals surface area contributed by atoms with E-state index in [0.29, 0.717) is 0 Å². The molecule has 1 N–H and O–H groups in total. The van der Waals surface area contributed by atoms with Crippen LogP contribution in [0.15, 0.2) is 59.4 Å². The molecule has 180 valence electrons. The molecule has 0 saturated carbocycles. The van der Waals surface area contributed by atoms with Gasteiger partial charge in [0.15, 0.2) is 0 Å².